The monoisotopic (exact) mass is 228 g/mol. The average Bonchev–Trinajstić information content (AvgIpc) is 2.25. The summed E-state index contributed by atoms with van der Waals surface area (Å²) in [7, 11) is 0. The molecular weight excluding hydrogens is 208 g/mol. The Balaban J connectivity index is 2.40. The molecule has 1 heterocycles. The van der Waals surface area contributed by atoms with Gasteiger partial charge in [-0.2, -0.15) is 0 Å². The molecule has 5 heteroatoms. The lowest BCUT2D eigenvalue weighted by Gasteiger charge is -2.33. The second kappa shape index (κ2) is 6.48. The number of aliphatic hydroxyl groups is 1. The molecule has 0 bridgehead atoms. The van der Waals surface area contributed by atoms with Crippen LogP contribution in [0.1, 0.15) is 26.2 Å². The Morgan fingerprint density at radius 3 is 2.12 bits per heavy atom. The molecule has 0 aromatic heterocycles. The zero-order valence-corrected chi connectivity index (χ0v) is 9.81. The Bertz CT molecular complexity index is 256. The number of hydrogen-bond acceptors (Lipinski definition) is 3. The molecule has 0 aromatic rings. The molecule has 5 nitrogen and oxygen atoms in total. The minimum absolute atomic E-state index is 0.0194. The molecular formula is C11H20N2O3. The van der Waals surface area contributed by atoms with E-state index < -0.39 is 0 Å². The highest BCUT2D eigenvalue weighted by molar-refractivity contribution is 5.92. The average molecular weight is 228 g/mol. The van der Waals surface area contributed by atoms with E-state index in [2.05, 4.69) is 0 Å². The van der Waals surface area contributed by atoms with Crippen LogP contribution >= 0.6 is 0 Å². The molecule has 2 amide bonds. The van der Waals surface area contributed by atoms with Crippen LogP contribution in [-0.4, -0.2) is 59.5 Å². The fraction of sp³-hybridized carbons (Fsp3) is 0.818. The van der Waals surface area contributed by atoms with E-state index in [1.54, 1.807) is 9.80 Å². The topological polar surface area (TPSA) is 60.9 Å². The van der Waals surface area contributed by atoms with Crippen molar-refractivity contribution in [1.29, 1.82) is 0 Å². The van der Waals surface area contributed by atoms with Crippen LogP contribution in [0, 0.1) is 0 Å². The van der Waals surface area contributed by atoms with Gasteiger partial charge in [0, 0.05) is 19.7 Å². The van der Waals surface area contributed by atoms with Crippen molar-refractivity contribution in [3.63, 3.8) is 0 Å². The smallest absolute Gasteiger partial charge is 0.242 e. The number of carbonyl (C=O) groups is 2. The number of hydrogen-bond donors (Lipinski definition) is 1. The molecule has 1 aliphatic rings. The van der Waals surface area contributed by atoms with E-state index in [1.807, 2.05) is 6.92 Å². The number of carbonyl (C=O) groups excluding carboxylic acids is 2. The molecule has 0 saturated carbocycles. The number of aliphatic hydroxyl groups excluding tert-OH is 1. The van der Waals surface area contributed by atoms with Crippen LogP contribution in [-0.2, 0) is 9.59 Å². The summed E-state index contributed by atoms with van der Waals surface area (Å²) >= 11 is 0. The van der Waals surface area contributed by atoms with Gasteiger partial charge >= 0.3 is 0 Å². The molecule has 1 saturated heterocycles. The van der Waals surface area contributed by atoms with Gasteiger partial charge in [0.05, 0.1) is 13.1 Å². The van der Waals surface area contributed by atoms with E-state index in [0.717, 1.165) is 12.8 Å². The van der Waals surface area contributed by atoms with Gasteiger partial charge < -0.3 is 14.9 Å². The summed E-state index contributed by atoms with van der Waals surface area (Å²) in [6.07, 6.45) is 2.31. The third-order valence-corrected chi connectivity index (χ3v) is 2.69. The van der Waals surface area contributed by atoms with Crippen molar-refractivity contribution in [2.24, 2.45) is 0 Å². The van der Waals surface area contributed by atoms with Crippen molar-refractivity contribution in [3.05, 3.63) is 0 Å². The summed E-state index contributed by atoms with van der Waals surface area (Å²) in [5.41, 5.74) is 0. The van der Waals surface area contributed by atoms with Gasteiger partial charge in [0.15, 0.2) is 0 Å². The predicted octanol–water partition coefficient (Wildman–Crippen LogP) is -0.160. The van der Waals surface area contributed by atoms with Gasteiger partial charge in [-0.15, -0.1) is 0 Å². The van der Waals surface area contributed by atoms with Crippen LogP contribution in [0.25, 0.3) is 0 Å². The van der Waals surface area contributed by atoms with Crippen LogP contribution in [0.4, 0.5) is 0 Å². The molecule has 16 heavy (non-hydrogen) atoms. The standard InChI is InChI=1S/C11H20N2O3/c1-2-5-12-8-11(16)13(9-10(12)15)6-3-4-7-14/h14H,2-9H2,1H3. The fourth-order valence-electron chi connectivity index (χ4n) is 1.79. The maximum absolute atomic E-state index is 11.7. The molecule has 1 N–H and O–H groups in total. The van der Waals surface area contributed by atoms with Crippen LogP contribution in [0.3, 0.4) is 0 Å². The second-order valence-electron chi connectivity index (χ2n) is 4.06. The van der Waals surface area contributed by atoms with Gasteiger partial charge in [-0.3, -0.25) is 9.59 Å². The highest BCUT2D eigenvalue weighted by Crippen LogP contribution is 2.06. The first-order chi connectivity index (χ1) is 7.69. The minimum atomic E-state index is 0.0194. The summed E-state index contributed by atoms with van der Waals surface area (Å²) in [5, 5.41) is 8.65. The zero-order valence-electron chi connectivity index (χ0n) is 9.81. The lowest BCUT2D eigenvalue weighted by molar-refractivity contribution is -0.150. The molecule has 0 atom stereocenters. The van der Waals surface area contributed by atoms with Crippen molar-refractivity contribution < 1.29 is 14.7 Å². The summed E-state index contributed by atoms with van der Waals surface area (Å²) in [6, 6.07) is 0. The van der Waals surface area contributed by atoms with Crippen molar-refractivity contribution in [2.45, 2.75) is 26.2 Å². The van der Waals surface area contributed by atoms with E-state index >= 15 is 0 Å². The molecule has 0 spiro atoms. The number of unbranched alkanes of at least 4 members (excludes halogenated alkanes) is 1. The number of rotatable bonds is 6. The van der Waals surface area contributed by atoms with Crippen LogP contribution in [0.15, 0.2) is 0 Å². The summed E-state index contributed by atoms with van der Waals surface area (Å²) < 4.78 is 0. The van der Waals surface area contributed by atoms with Crippen LogP contribution in [0.2, 0.25) is 0 Å². The molecule has 0 unspecified atom stereocenters. The van der Waals surface area contributed by atoms with Gasteiger partial charge in [-0.05, 0) is 19.3 Å². The van der Waals surface area contributed by atoms with Crippen molar-refractivity contribution in [1.82, 2.24) is 9.80 Å². The van der Waals surface area contributed by atoms with Crippen molar-refractivity contribution >= 4 is 11.8 Å². The number of piperazine rings is 1. The Morgan fingerprint density at radius 1 is 1.06 bits per heavy atom. The normalized spacial score (nSPS) is 17.1. The Morgan fingerprint density at radius 2 is 1.62 bits per heavy atom. The first kappa shape index (κ1) is 13.0. The largest absolute Gasteiger partial charge is 0.396 e. The Hall–Kier alpha value is -1.10. The fourth-order valence-corrected chi connectivity index (χ4v) is 1.79. The highest BCUT2D eigenvalue weighted by Gasteiger charge is 2.28. The van der Waals surface area contributed by atoms with E-state index in [-0.39, 0.29) is 31.5 Å². The molecule has 0 aromatic carbocycles. The van der Waals surface area contributed by atoms with Gasteiger partial charge in [0.2, 0.25) is 11.8 Å². The first-order valence-electron chi connectivity index (χ1n) is 5.85. The molecule has 1 fully saturated rings. The SMILES string of the molecule is CCCN1CC(=O)N(CCCCO)CC1=O. The van der Waals surface area contributed by atoms with E-state index in [4.69, 9.17) is 5.11 Å². The molecule has 92 valence electrons. The second-order valence-corrected chi connectivity index (χ2v) is 4.06. The third-order valence-electron chi connectivity index (χ3n) is 2.69. The molecule has 0 radical (unpaired) electrons. The summed E-state index contributed by atoms with van der Waals surface area (Å²) in [4.78, 5) is 26.5. The molecule has 0 aliphatic carbocycles. The van der Waals surface area contributed by atoms with Gasteiger partial charge in [0.1, 0.15) is 0 Å². The quantitative estimate of drug-likeness (QED) is 0.643. The summed E-state index contributed by atoms with van der Waals surface area (Å²) in [5.74, 6) is 0.0523. The minimum Gasteiger partial charge on any atom is -0.396 e. The van der Waals surface area contributed by atoms with Gasteiger partial charge in [-0.1, -0.05) is 6.92 Å². The first-order valence-corrected chi connectivity index (χ1v) is 5.85. The third kappa shape index (κ3) is 3.48. The lowest BCUT2D eigenvalue weighted by Crippen LogP contribution is -2.54. The van der Waals surface area contributed by atoms with Crippen molar-refractivity contribution in [2.75, 3.05) is 32.8 Å². The van der Waals surface area contributed by atoms with Crippen LogP contribution < -0.4 is 0 Å². The highest BCUT2D eigenvalue weighted by atomic mass is 16.3. The lowest BCUT2D eigenvalue weighted by atomic mass is 10.2. The molecule has 1 rings (SSSR count). The maximum atomic E-state index is 11.7. The predicted molar refractivity (Wildman–Crippen MR) is 59.8 cm³/mol. The number of amides is 2. The van der Waals surface area contributed by atoms with Crippen molar-refractivity contribution in [3.8, 4) is 0 Å². The molecule has 1 aliphatic heterocycles. The Labute approximate surface area is 96.0 Å². The Kier molecular flexibility index (Phi) is 5.25. The van der Waals surface area contributed by atoms with E-state index in [0.29, 0.717) is 19.5 Å². The van der Waals surface area contributed by atoms with Gasteiger partial charge in [0.25, 0.3) is 0 Å². The summed E-state index contributed by atoms with van der Waals surface area (Å²) in [6.45, 7) is 3.78. The van der Waals surface area contributed by atoms with E-state index in [1.165, 1.54) is 0 Å². The maximum Gasteiger partial charge on any atom is 0.242 e. The van der Waals surface area contributed by atoms with Crippen LogP contribution in [0.5, 0.6) is 0 Å². The van der Waals surface area contributed by atoms with Gasteiger partial charge in [-0.25, -0.2) is 0 Å². The van der Waals surface area contributed by atoms with E-state index in [9.17, 15) is 9.59 Å². The zero-order chi connectivity index (χ0) is 12.0. The number of nitrogens with zero attached hydrogens (tertiary/aromatic N) is 2.